The molecule has 148 valence electrons. The lowest BCUT2D eigenvalue weighted by Gasteiger charge is -2.16. The first-order valence-electron chi connectivity index (χ1n) is 9.01. The summed E-state index contributed by atoms with van der Waals surface area (Å²) in [5.74, 6) is 0.562. The minimum Gasteiger partial charge on any atom is -0.491 e. The van der Waals surface area contributed by atoms with Gasteiger partial charge >= 0.3 is 0 Å². The number of ether oxygens (including phenoxy) is 2. The molecule has 2 aromatic rings. The Morgan fingerprint density at radius 2 is 2.29 bits per heavy atom. The van der Waals surface area contributed by atoms with Crippen molar-refractivity contribution in [2.24, 2.45) is 4.99 Å². The lowest BCUT2D eigenvalue weighted by molar-refractivity contribution is -0.0259. The average molecular weight is 466 g/mol. The number of nitrogens with zero attached hydrogens (tertiary/aromatic N) is 4. The van der Waals surface area contributed by atoms with Crippen LogP contribution in [0.3, 0.4) is 0 Å². The van der Waals surface area contributed by atoms with Crippen LogP contribution in [0.5, 0.6) is 0 Å². The topological polar surface area (TPSA) is 61.5 Å². The molecule has 0 bridgehead atoms. The van der Waals surface area contributed by atoms with E-state index in [-0.39, 0.29) is 12.3 Å². The number of hydrogen-bond acceptors (Lipinski definition) is 5. The van der Waals surface area contributed by atoms with Crippen LogP contribution in [0.4, 0.5) is 0 Å². The summed E-state index contributed by atoms with van der Waals surface area (Å²) >= 11 is 9.38. The second-order valence-corrected chi connectivity index (χ2v) is 7.76. The van der Waals surface area contributed by atoms with Crippen molar-refractivity contribution >= 4 is 44.8 Å². The maximum Gasteiger partial charge on any atom is 0.146 e. The summed E-state index contributed by atoms with van der Waals surface area (Å²) in [6.07, 6.45) is 9.31. The summed E-state index contributed by atoms with van der Waals surface area (Å²) in [5.41, 5.74) is 1.64. The third-order valence-electron chi connectivity index (χ3n) is 4.37. The highest BCUT2D eigenvalue weighted by Gasteiger charge is 2.28. The van der Waals surface area contributed by atoms with Crippen molar-refractivity contribution in [3.8, 4) is 0 Å². The minimum absolute atomic E-state index is 0.0131. The minimum atomic E-state index is -0.0957. The van der Waals surface area contributed by atoms with Crippen molar-refractivity contribution in [2.45, 2.75) is 38.5 Å². The Bertz CT molecular complexity index is 937. The summed E-state index contributed by atoms with van der Waals surface area (Å²) in [5, 5.41) is 1.27. The molecule has 6 nitrogen and oxygen atoms in total. The standard InChI is InChI=1S/C20H22BrClN4O2/c1-4-15(23-10-13(2)21)9-14(3)27-11-16-5-6-18(28-16)26-8-7-17-19(22)24-12-25-20(17)26/h7-10,12,16,18H,2-6,11H2,1H3/b15-9+,23-10?/t16-,18+/m0/s1. The Morgan fingerprint density at radius 1 is 1.46 bits per heavy atom. The van der Waals surface area contributed by atoms with E-state index in [1.807, 2.05) is 29.8 Å². The number of aromatic nitrogens is 3. The fourth-order valence-electron chi connectivity index (χ4n) is 3.00. The molecule has 0 aromatic carbocycles. The third-order valence-corrected chi connectivity index (χ3v) is 4.88. The first-order valence-corrected chi connectivity index (χ1v) is 10.2. The molecule has 3 rings (SSSR count). The number of allylic oxidation sites excluding steroid dienone is 3. The molecule has 2 aromatic heterocycles. The SMILES string of the molecule is C=C(Br)C=N/C(=C/C(=C)OC[C@@H]1CC[C@H](n2ccc3c(Cl)ncnc32)O1)CC. The van der Waals surface area contributed by atoms with Crippen LogP contribution in [-0.2, 0) is 9.47 Å². The van der Waals surface area contributed by atoms with Gasteiger partial charge in [-0.3, -0.25) is 4.99 Å². The van der Waals surface area contributed by atoms with Crippen LogP contribution in [0, 0.1) is 0 Å². The van der Waals surface area contributed by atoms with Gasteiger partial charge in [-0.25, -0.2) is 9.97 Å². The molecule has 1 aliphatic rings. The van der Waals surface area contributed by atoms with Gasteiger partial charge in [-0.1, -0.05) is 31.7 Å². The largest absolute Gasteiger partial charge is 0.491 e. The zero-order chi connectivity index (χ0) is 20.1. The van der Waals surface area contributed by atoms with Crippen molar-refractivity contribution in [1.82, 2.24) is 14.5 Å². The van der Waals surface area contributed by atoms with Gasteiger partial charge in [-0.2, -0.15) is 0 Å². The first kappa shape index (κ1) is 20.8. The third kappa shape index (κ3) is 5.10. The molecule has 3 heterocycles. The molecule has 0 radical (unpaired) electrons. The molecule has 8 heteroatoms. The van der Waals surface area contributed by atoms with Crippen LogP contribution in [-0.4, -0.2) is 33.5 Å². The van der Waals surface area contributed by atoms with Gasteiger partial charge in [-0.05, 0) is 41.3 Å². The van der Waals surface area contributed by atoms with Crippen molar-refractivity contribution in [3.63, 3.8) is 0 Å². The number of halogens is 2. The molecule has 0 unspecified atom stereocenters. The Labute approximate surface area is 177 Å². The molecule has 1 fully saturated rings. The summed E-state index contributed by atoms with van der Waals surface area (Å²) in [6.45, 7) is 10.1. The van der Waals surface area contributed by atoms with Gasteiger partial charge in [0.05, 0.1) is 11.5 Å². The molecule has 0 N–H and O–H groups in total. The summed E-state index contributed by atoms with van der Waals surface area (Å²) < 4.78 is 14.6. The van der Waals surface area contributed by atoms with Crippen LogP contribution in [0.2, 0.25) is 5.15 Å². The Hall–Kier alpha value is -1.96. The van der Waals surface area contributed by atoms with E-state index in [9.17, 15) is 0 Å². The smallest absolute Gasteiger partial charge is 0.146 e. The predicted molar refractivity (Wildman–Crippen MR) is 116 cm³/mol. The van der Waals surface area contributed by atoms with Crippen LogP contribution >= 0.6 is 27.5 Å². The Balaban J connectivity index is 1.56. The lowest BCUT2D eigenvalue weighted by Crippen LogP contribution is -2.16. The van der Waals surface area contributed by atoms with Crippen molar-refractivity contribution < 1.29 is 9.47 Å². The normalized spacial score (nSPS) is 20.2. The van der Waals surface area contributed by atoms with E-state index in [2.05, 4.69) is 44.0 Å². The Kier molecular flexibility index (Phi) is 7.04. The molecule has 2 atom stereocenters. The van der Waals surface area contributed by atoms with Gasteiger partial charge in [0, 0.05) is 28.7 Å². The zero-order valence-corrected chi connectivity index (χ0v) is 18.0. The molecule has 1 aliphatic heterocycles. The van der Waals surface area contributed by atoms with Crippen LogP contribution in [0.25, 0.3) is 11.0 Å². The second kappa shape index (κ2) is 9.49. The highest BCUT2D eigenvalue weighted by Crippen LogP contribution is 2.32. The van der Waals surface area contributed by atoms with E-state index in [1.54, 1.807) is 6.21 Å². The first-order chi connectivity index (χ1) is 13.5. The molecule has 0 spiro atoms. The maximum absolute atomic E-state index is 6.14. The van der Waals surface area contributed by atoms with Crippen LogP contribution in [0.1, 0.15) is 32.4 Å². The van der Waals surface area contributed by atoms with E-state index in [4.69, 9.17) is 21.1 Å². The molecular weight excluding hydrogens is 444 g/mol. The quantitative estimate of drug-likeness (QED) is 0.221. The fraction of sp³-hybridized carbons (Fsp3) is 0.350. The van der Waals surface area contributed by atoms with Crippen LogP contribution < -0.4 is 0 Å². The molecule has 0 saturated carbocycles. The monoisotopic (exact) mass is 464 g/mol. The van der Waals surface area contributed by atoms with E-state index in [1.165, 1.54) is 6.33 Å². The average Bonchev–Trinajstić information content (AvgIpc) is 3.30. The molecule has 0 aliphatic carbocycles. The number of rotatable bonds is 8. The highest BCUT2D eigenvalue weighted by atomic mass is 79.9. The van der Waals surface area contributed by atoms with Gasteiger partial charge in [0.25, 0.3) is 0 Å². The molecular formula is C20H22BrClN4O2. The van der Waals surface area contributed by atoms with Crippen molar-refractivity contribution in [2.75, 3.05) is 6.61 Å². The summed E-state index contributed by atoms with van der Waals surface area (Å²) in [4.78, 5) is 12.7. The summed E-state index contributed by atoms with van der Waals surface area (Å²) in [7, 11) is 0. The Morgan fingerprint density at radius 3 is 3.04 bits per heavy atom. The summed E-state index contributed by atoms with van der Waals surface area (Å²) in [6, 6.07) is 1.91. The van der Waals surface area contributed by atoms with Crippen LogP contribution in [0.15, 0.2) is 58.8 Å². The molecule has 28 heavy (non-hydrogen) atoms. The second-order valence-electron chi connectivity index (χ2n) is 6.39. The zero-order valence-electron chi connectivity index (χ0n) is 15.6. The van der Waals surface area contributed by atoms with Gasteiger partial charge < -0.3 is 14.0 Å². The predicted octanol–water partition coefficient (Wildman–Crippen LogP) is 5.57. The molecule has 1 saturated heterocycles. The van der Waals surface area contributed by atoms with Gasteiger partial charge in [-0.15, -0.1) is 0 Å². The van der Waals surface area contributed by atoms with Gasteiger partial charge in [0.2, 0.25) is 0 Å². The maximum atomic E-state index is 6.14. The van der Waals surface area contributed by atoms with Gasteiger partial charge in [0.15, 0.2) is 0 Å². The van der Waals surface area contributed by atoms with E-state index < -0.39 is 0 Å². The molecule has 0 amide bonds. The number of aliphatic imine (C=N–C) groups is 1. The van der Waals surface area contributed by atoms with Crippen molar-refractivity contribution in [1.29, 1.82) is 0 Å². The highest BCUT2D eigenvalue weighted by molar-refractivity contribution is 9.12. The van der Waals surface area contributed by atoms with Crippen molar-refractivity contribution in [3.05, 3.63) is 58.9 Å². The number of hydrogen-bond donors (Lipinski definition) is 0. The van der Waals surface area contributed by atoms with Gasteiger partial charge in [0.1, 0.15) is 35.7 Å². The fourth-order valence-corrected chi connectivity index (χ4v) is 3.29. The van der Waals surface area contributed by atoms with E-state index >= 15 is 0 Å². The lowest BCUT2D eigenvalue weighted by atomic mass is 10.2. The van der Waals surface area contributed by atoms with E-state index in [0.29, 0.717) is 22.0 Å². The number of fused-ring (bicyclic) bond motifs is 1. The van der Waals surface area contributed by atoms with E-state index in [0.717, 1.165) is 36.0 Å².